The third-order valence-electron chi connectivity index (χ3n) is 15.2. The van der Waals surface area contributed by atoms with Crippen LogP contribution >= 0.6 is 0 Å². The standard InChI is InChI=1S/C72H130O6/c1-4-7-10-13-16-19-22-25-27-28-29-30-31-32-33-34-35-36-37-38-39-40-41-42-43-44-45-48-50-53-56-59-62-65-71(74)77-68-69(67-76-70(73)64-61-58-55-52-49-46-24-21-18-15-12-9-6-3)78-72(75)66-63-60-57-54-51-47-26-23-20-17-14-11-8-5-2/h14,17,22-23,25-26,28-29,31-32,69H,4-13,15-16,18-21,24,27,30,33-68H2,1-3H3/b17-14-,25-22-,26-23-,29-28-,32-31-. The highest BCUT2D eigenvalue weighted by Gasteiger charge is 2.19. The van der Waals surface area contributed by atoms with E-state index in [1.54, 1.807) is 0 Å². The molecule has 0 fully saturated rings. The van der Waals surface area contributed by atoms with Crippen molar-refractivity contribution in [3.8, 4) is 0 Å². The third kappa shape index (κ3) is 63.9. The number of unbranched alkanes of at least 4 members (excludes halogenated alkanes) is 42. The van der Waals surface area contributed by atoms with Gasteiger partial charge in [-0.25, -0.2) is 0 Å². The summed E-state index contributed by atoms with van der Waals surface area (Å²) >= 11 is 0. The minimum Gasteiger partial charge on any atom is -0.462 e. The van der Waals surface area contributed by atoms with Crippen molar-refractivity contribution < 1.29 is 28.6 Å². The lowest BCUT2D eigenvalue weighted by molar-refractivity contribution is -0.167. The van der Waals surface area contributed by atoms with Crippen LogP contribution in [0, 0.1) is 0 Å². The van der Waals surface area contributed by atoms with Crippen molar-refractivity contribution in [2.45, 2.75) is 367 Å². The van der Waals surface area contributed by atoms with Gasteiger partial charge in [0.05, 0.1) is 0 Å². The summed E-state index contributed by atoms with van der Waals surface area (Å²) in [5.41, 5.74) is 0. The molecule has 6 nitrogen and oxygen atoms in total. The normalized spacial score (nSPS) is 12.4. The zero-order valence-corrected chi connectivity index (χ0v) is 52.2. The van der Waals surface area contributed by atoms with Crippen LogP contribution in [0.3, 0.4) is 0 Å². The predicted molar refractivity (Wildman–Crippen MR) is 339 cm³/mol. The number of ether oxygens (including phenoxy) is 3. The first kappa shape index (κ1) is 75.1. The van der Waals surface area contributed by atoms with Gasteiger partial charge in [-0.2, -0.15) is 0 Å². The van der Waals surface area contributed by atoms with Gasteiger partial charge in [-0.1, -0.05) is 319 Å². The minimum atomic E-state index is -0.778. The summed E-state index contributed by atoms with van der Waals surface area (Å²) in [5, 5.41) is 0. The topological polar surface area (TPSA) is 78.9 Å². The average molecular weight is 1090 g/mol. The van der Waals surface area contributed by atoms with E-state index in [0.717, 1.165) is 96.3 Å². The number of carbonyl (C=O) groups excluding carboxylic acids is 3. The Morgan fingerprint density at radius 1 is 0.256 bits per heavy atom. The largest absolute Gasteiger partial charge is 0.462 e. The van der Waals surface area contributed by atoms with Crippen LogP contribution in [-0.2, 0) is 28.6 Å². The molecule has 0 aliphatic heterocycles. The first-order valence-electron chi connectivity index (χ1n) is 34.3. The molecule has 1 unspecified atom stereocenters. The van der Waals surface area contributed by atoms with Crippen molar-refractivity contribution >= 4 is 17.9 Å². The van der Waals surface area contributed by atoms with Crippen LogP contribution < -0.4 is 0 Å². The fraction of sp³-hybridized carbons (Fsp3) is 0.819. The number of allylic oxidation sites excluding steroid dienone is 10. The second-order valence-electron chi connectivity index (χ2n) is 23.1. The molecule has 454 valence electrons. The summed E-state index contributed by atoms with van der Waals surface area (Å²) in [5.74, 6) is -0.869. The molecule has 0 aliphatic rings. The van der Waals surface area contributed by atoms with Crippen LogP contribution in [0.4, 0.5) is 0 Å². The van der Waals surface area contributed by atoms with Crippen molar-refractivity contribution in [2.24, 2.45) is 0 Å². The molecule has 0 saturated heterocycles. The van der Waals surface area contributed by atoms with Gasteiger partial charge < -0.3 is 14.2 Å². The summed E-state index contributed by atoms with van der Waals surface area (Å²) in [6, 6.07) is 0. The van der Waals surface area contributed by atoms with Gasteiger partial charge in [-0.05, 0) is 83.5 Å². The Labute approximate surface area is 485 Å². The van der Waals surface area contributed by atoms with Crippen LogP contribution in [0.25, 0.3) is 0 Å². The van der Waals surface area contributed by atoms with E-state index >= 15 is 0 Å². The van der Waals surface area contributed by atoms with Gasteiger partial charge >= 0.3 is 17.9 Å². The fourth-order valence-corrected chi connectivity index (χ4v) is 10.1. The molecule has 0 amide bonds. The van der Waals surface area contributed by atoms with E-state index in [1.807, 2.05) is 0 Å². The van der Waals surface area contributed by atoms with Gasteiger partial charge in [0.15, 0.2) is 6.10 Å². The van der Waals surface area contributed by atoms with Crippen LogP contribution in [0.15, 0.2) is 60.8 Å². The van der Waals surface area contributed by atoms with Gasteiger partial charge in [0.1, 0.15) is 13.2 Å². The summed E-state index contributed by atoms with van der Waals surface area (Å²) in [4.78, 5) is 38.3. The molecule has 6 heteroatoms. The SMILES string of the molecule is CCCC/C=C\C/C=C\CCCCCCCC(=O)OC(COC(=O)CCCCCCCCCCCCCCC)COC(=O)CCCCCCCCCCCCCCCCCCCC/C=C\C/C=C\C/C=C\CCCCCCC. The highest BCUT2D eigenvalue weighted by atomic mass is 16.6. The van der Waals surface area contributed by atoms with Crippen LogP contribution in [-0.4, -0.2) is 37.2 Å². The third-order valence-corrected chi connectivity index (χ3v) is 15.2. The Morgan fingerprint density at radius 2 is 0.474 bits per heavy atom. The van der Waals surface area contributed by atoms with Crippen molar-refractivity contribution in [3.05, 3.63) is 60.8 Å². The van der Waals surface area contributed by atoms with E-state index < -0.39 is 6.10 Å². The van der Waals surface area contributed by atoms with Crippen molar-refractivity contribution in [1.82, 2.24) is 0 Å². The predicted octanol–water partition coefficient (Wildman–Crippen LogP) is 23.5. The first-order valence-corrected chi connectivity index (χ1v) is 34.3. The quantitative estimate of drug-likeness (QED) is 0.0261. The average Bonchev–Trinajstić information content (AvgIpc) is 3.44. The maximum Gasteiger partial charge on any atom is 0.306 e. The molecular weight excluding hydrogens is 961 g/mol. The van der Waals surface area contributed by atoms with Crippen molar-refractivity contribution in [1.29, 1.82) is 0 Å². The van der Waals surface area contributed by atoms with E-state index in [4.69, 9.17) is 14.2 Å². The van der Waals surface area contributed by atoms with Gasteiger partial charge in [0.2, 0.25) is 0 Å². The molecule has 0 aromatic carbocycles. The second kappa shape index (κ2) is 66.6. The van der Waals surface area contributed by atoms with E-state index in [2.05, 4.69) is 81.5 Å². The molecule has 1 atom stereocenters. The first-order chi connectivity index (χ1) is 38.5. The molecular formula is C72H130O6. The Bertz CT molecular complexity index is 1390. The molecule has 0 rings (SSSR count). The Kier molecular flexibility index (Phi) is 64.2. The molecule has 0 heterocycles. The molecule has 0 aromatic heterocycles. The highest BCUT2D eigenvalue weighted by Crippen LogP contribution is 2.18. The zero-order valence-electron chi connectivity index (χ0n) is 52.2. The smallest absolute Gasteiger partial charge is 0.306 e. The lowest BCUT2D eigenvalue weighted by Gasteiger charge is -2.18. The van der Waals surface area contributed by atoms with E-state index in [0.29, 0.717) is 19.3 Å². The Balaban J connectivity index is 4.11. The Hall–Kier alpha value is -2.89. The number of carbonyl (C=O) groups is 3. The van der Waals surface area contributed by atoms with Crippen molar-refractivity contribution in [3.63, 3.8) is 0 Å². The van der Waals surface area contributed by atoms with Gasteiger partial charge in [0.25, 0.3) is 0 Å². The second-order valence-corrected chi connectivity index (χ2v) is 23.1. The fourth-order valence-electron chi connectivity index (χ4n) is 10.1. The van der Waals surface area contributed by atoms with Crippen LogP contribution in [0.5, 0.6) is 0 Å². The molecule has 78 heavy (non-hydrogen) atoms. The summed E-state index contributed by atoms with van der Waals surface area (Å²) in [6.45, 7) is 6.62. The van der Waals surface area contributed by atoms with Gasteiger partial charge in [0, 0.05) is 19.3 Å². The van der Waals surface area contributed by atoms with E-state index in [9.17, 15) is 14.4 Å². The highest BCUT2D eigenvalue weighted by molar-refractivity contribution is 5.71. The molecule has 0 N–H and O–H groups in total. The molecule has 0 bridgehead atoms. The maximum absolute atomic E-state index is 12.9. The molecule has 0 aliphatic carbocycles. The lowest BCUT2D eigenvalue weighted by atomic mass is 10.0. The maximum atomic E-state index is 12.9. The molecule has 0 aromatic rings. The number of esters is 3. The Morgan fingerprint density at radius 3 is 0.756 bits per heavy atom. The summed E-state index contributed by atoms with van der Waals surface area (Å²) < 4.78 is 16.9. The van der Waals surface area contributed by atoms with Crippen LogP contribution in [0.2, 0.25) is 0 Å². The minimum absolute atomic E-state index is 0.0749. The number of hydrogen-bond donors (Lipinski definition) is 0. The van der Waals surface area contributed by atoms with Gasteiger partial charge in [-0.3, -0.25) is 14.4 Å². The molecule has 0 saturated carbocycles. The van der Waals surface area contributed by atoms with E-state index in [1.165, 1.54) is 225 Å². The lowest BCUT2D eigenvalue weighted by Crippen LogP contribution is -2.30. The van der Waals surface area contributed by atoms with Crippen LogP contribution in [0.1, 0.15) is 361 Å². The number of rotatable bonds is 63. The molecule has 0 spiro atoms. The zero-order chi connectivity index (χ0) is 56.4. The monoisotopic (exact) mass is 1090 g/mol. The summed E-state index contributed by atoms with van der Waals surface area (Å²) in [6.07, 6.45) is 85.4. The van der Waals surface area contributed by atoms with Crippen molar-refractivity contribution in [2.75, 3.05) is 13.2 Å². The van der Waals surface area contributed by atoms with E-state index in [-0.39, 0.29) is 31.1 Å². The molecule has 0 radical (unpaired) electrons. The summed E-state index contributed by atoms with van der Waals surface area (Å²) in [7, 11) is 0. The number of hydrogen-bond acceptors (Lipinski definition) is 6. The van der Waals surface area contributed by atoms with Gasteiger partial charge in [-0.15, -0.1) is 0 Å².